The first-order chi connectivity index (χ1) is 9.67. The summed E-state index contributed by atoms with van der Waals surface area (Å²) in [5.74, 6) is 3.23. The Balaban J connectivity index is 2.51. The Morgan fingerprint density at radius 2 is 1.90 bits per heavy atom. The van der Waals surface area contributed by atoms with Crippen molar-refractivity contribution in [2.24, 2.45) is 0 Å². The molecule has 4 heteroatoms. The van der Waals surface area contributed by atoms with Crippen molar-refractivity contribution in [2.75, 3.05) is 45.3 Å². The van der Waals surface area contributed by atoms with Crippen LogP contribution in [-0.2, 0) is 0 Å². The molecule has 0 radical (unpaired) electrons. The van der Waals surface area contributed by atoms with Gasteiger partial charge in [-0.25, -0.2) is 0 Å². The first-order valence-corrected chi connectivity index (χ1v) is 8.51. The number of ether oxygens (including phenoxy) is 1. The van der Waals surface area contributed by atoms with Crippen molar-refractivity contribution >= 4 is 11.8 Å². The zero-order chi connectivity index (χ0) is 14.8. The third kappa shape index (κ3) is 6.64. The minimum Gasteiger partial charge on any atom is -0.494 e. The van der Waals surface area contributed by atoms with E-state index in [0.29, 0.717) is 6.04 Å². The van der Waals surface area contributed by atoms with E-state index in [1.165, 1.54) is 11.3 Å². The molecule has 0 heterocycles. The maximum Gasteiger partial charge on any atom is 0.119 e. The topological polar surface area (TPSA) is 24.5 Å². The lowest BCUT2D eigenvalue weighted by molar-refractivity contribution is 0.340. The fourth-order valence-corrected chi connectivity index (χ4v) is 3.14. The molecule has 1 rings (SSSR count). The van der Waals surface area contributed by atoms with Crippen molar-refractivity contribution in [3.05, 3.63) is 29.8 Å². The fraction of sp³-hybridized carbons (Fsp3) is 0.625. The first-order valence-electron chi connectivity index (χ1n) is 7.36. The summed E-state index contributed by atoms with van der Waals surface area (Å²) in [7, 11) is 4.24. The molecule has 1 aromatic rings. The minimum absolute atomic E-state index is 0.419. The fourth-order valence-electron chi connectivity index (χ4n) is 1.93. The molecule has 1 N–H and O–H groups in total. The van der Waals surface area contributed by atoms with E-state index >= 15 is 0 Å². The van der Waals surface area contributed by atoms with Crippen LogP contribution in [0.5, 0.6) is 5.75 Å². The van der Waals surface area contributed by atoms with Crippen molar-refractivity contribution in [3.63, 3.8) is 0 Å². The van der Waals surface area contributed by atoms with Crippen LogP contribution in [0.4, 0.5) is 0 Å². The van der Waals surface area contributed by atoms with Gasteiger partial charge in [0.15, 0.2) is 0 Å². The van der Waals surface area contributed by atoms with Gasteiger partial charge in [-0.15, -0.1) is 0 Å². The number of nitrogens with one attached hydrogen (secondary N) is 1. The Hall–Kier alpha value is -0.710. The van der Waals surface area contributed by atoms with Gasteiger partial charge < -0.3 is 15.0 Å². The van der Waals surface area contributed by atoms with Crippen molar-refractivity contribution in [2.45, 2.75) is 19.9 Å². The predicted octanol–water partition coefficient (Wildman–Crippen LogP) is 3.03. The number of hydrogen-bond donors (Lipinski definition) is 1. The molecular weight excluding hydrogens is 268 g/mol. The van der Waals surface area contributed by atoms with Gasteiger partial charge in [-0.3, -0.25) is 0 Å². The third-order valence-electron chi connectivity index (χ3n) is 3.01. The summed E-state index contributed by atoms with van der Waals surface area (Å²) in [6, 6.07) is 8.89. The van der Waals surface area contributed by atoms with Crippen molar-refractivity contribution in [1.82, 2.24) is 10.2 Å². The van der Waals surface area contributed by atoms with Crippen LogP contribution in [0.3, 0.4) is 0 Å². The zero-order valence-electron chi connectivity index (χ0n) is 13.2. The number of rotatable bonds is 10. The van der Waals surface area contributed by atoms with Crippen LogP contribution in [0.1, 0.15) is 25.5 Å². The van der Waals surface area contributed by atoms with Gasteiger partial charge in [-0.1, -0.05) is 19.1 Å². The van der Waals surface area contributed by atoms with Crippen LogP contribution in [0, 0.1) is 0 Å². The van der Waals surface area contributed by atoms with Crippen LogP contribution in [0.2, 0.25) is 0 Å². The Bertz CT molecular complexity index is 354. The number of hydrogen-bond acceptors (Lipinski definition) is 4. The van der Waals surface area contributed by atoms with Gasteiger partial charge in [0.2, 0.25) is 0 Å². The van der Waals surface area contributed by atoms with Gasteiger partial charge in [0.1, 0.15) is 5.75 Å². The second-order valence-electron chi connectivity index (χ2n) is 4.99. The van der Waals surface area contributed by atoms with Crippen molar-refractivity contribution in [1.29, 1.82) is 0 Å². The highest BCUT2D eigenvalue weighted by Crippen LogP contribution is 2.21. The molecule has 1 aromatic carbocycles. The molecule has 0 fully saturated rings. The van der Waals surface area contributed by atoms with E-state index < -0.39 is 0 Å². The maximum atomic E-state index is 5.49. The van der Waals surface area contributed by atoms with Gasteiger partial charge in [0.25, 0.3) is 0 Å². The minimum atomic E-state index is 0.419. The second kappa shape index (κ2) is 10.1. The molecule has 0 bridgehead atoms. The van der Waals surface area contributed by atoms with E-state index in [0.717, 1.165) is 31.2 Å². The predicted molar refractivity (Wildman–Crippen MR) is 89.9 cm³/mol. The summed E-state index contributed by atoms with van der Waals surface area (Å²) >= 11 is 2.00. The van der Waals surface area contributed by atoms with E-state index in [1.807, 2.05) is 18.7 Å². The summed E-state index contributed by atoms with van der Waals surface area (Å²) in [6.45, 7) is 7.01. The summed E-state index contributed by atoms with van der Waals surface area (Å²) in [5, 5.41) is 3.56. The molecule has 1 atom stereocenters. The Labute approximate surface area is 128 Å². The highest BCUT2D eigenvalue weighted by molar-refractivity contribution is 7.99. The maximum absolute atomic E-state index is 5.49. The summed E-state index contributed by atoms with van der Waals surface area (Å²) in [4.78, 5) is 2.23. The molecule has 0 spiro atoms. The molecule has 0 saturated carbocycles. The largest absolute Gasteiger partial charge is 0.494 e. The first kappa shape index (κ1) is 17.3. The van der Waals surface area contributed by atoms with Crippen LogP contribution in [0.15, 0.2) is 24.3 Å². The quantitative estimate of drug-likeness (QED) is 0.671. The van der Waals surface area contributed by atoms with Crippen molar-refractivity contribution in [3.8, 4) is 5.75 Å². The molecule has 3 nitrogen and oxygen atoms in total. The van der Waals surface area contributed by atoms with Crippen LogP contribution < -0.4 is 10.1 Å². The van der Waals surface area contributed by atoms with Gasteiger partial charge >= 0.3 is 0 Å². The van der Waals surface area contributed by atoms with E-state index in [-0.39, 0.29) is 0 Å². The Kier molecular flexibility index (Phi) is 8.74. The zero-order valence-corrected chi connectivity index (χ0v) is 14.0. The monoisotopic (exact) mass is 296 g/mol. The highest BCUT2D eigenvalue weighted by Gasteiger charge is 2.10. The molecule has 0 aliphatic carbocycles. The average Bonchev–Trinajstić information content (AvgIpc) is 2.43. The molecule has 0 saturated heterocycles. The van der Waals surface area contributed by atoms with Crippen LogP contribution in [0.25, 0.3) is 0 Å². The van der Waals surface area contributed by atoms with Crippen LogP contribution in [-0.4, -0.2) is 50.2 Å². The number of thioether (sulfide) groups is 1. The number of nitrogens with zero attached hydrogens (tertiary/aromatic N) is 1. The lowest BCUT2D eigenvalue weighted by Crippen LogP contribution is -2.24. The second-order valence-corrected chi connectivity index (χ2v) is 6.14. The molecule has 0 amide bonds. The standard InChI is InChI=1S/C16H28N2OS/c1-5-17-16(13-20-12-11-18(3)4)14-7-9-15(10-8-14)19-6-2/h7-10,16-17H,5-6,11-13H2,1-4H3. The van der Waals surface area contributed by atoms with E-state index in [4.69, 9.17) is 4.74 Å². The van der Waals surface area contributed by atoms with Crippen LogP contribution >= 0.6 is 11.8 Å². The molecular formula is C16H28N2OS. The molecule has 1 unspecified atom stereocenters. The highest BCUT2D eigenvalue weighted by atomic mass is 32.2. The Morgan fingerprint density at radius 1 is 1.20 bits per heavy atom. The molecule has 0 aliphatic rings. The van der Waals surface area contributed by atoms with Crippen molar-refractivity contribution < 1.29 is 4.74 Å². The SMILES string of the molecule is CCNC(CSCCN(C)C)c1ccc(OCC)cc1. The third-order valence-corrected chi connectivity index (χ3v) is 4.05. The Morgan fingerprint density at radius 3 is 2.45 bits per heavy atom. The van der Waals surface area contributed by atoms with Gasteiger partial charge in [0.05, 0.1) is 6.61 Å². The molecule has 114 valence electrons. The molecule has 0 aliphatic heterocycles. The van der Waals surface area contributed by atoms with Gasteiger partial charge in [-0.05, 0) is 45.3 Å². The molecule has 0 aromatic heterocycles. The smallest absolute Gasteiger partial charge is 0.119 e. The van der Waals surface area contributed by atoms with E-state index in [1.54, 1.807) is 0 Å². The normalized spacial score (nSPS) is 12.7. The lowest BCUT2D eigenvalue weighted by Gasteiger charge is -2.19. The van der Waals surface area contributed by atoms with Gasteiger partial charge in [0, 0.05) is 24.1 Å². The molecule has 20 heavy (non-hydrogen) atoms. The van der Waals surface area contributed by atoms with Gasteiger partial charge in [-0.2, -0.15) is 11.8 Å². The summed E-state index contributed by atoms with van der Waals surface area (Å²) < 4.78 is 5.49. The van der Waals surface area contributed by atoms with E-state index in [9.17, 15) is 0 Å². The average molecular weight is 296 g/mol. The summed E-state index contributed by atoms with van der Waals surface area (Å²) in [6.07, 6.45) is 0. The van der Waals surface area contributed by atoms with E-state index in [2.05, 4.69) is 55.5 Å². The lowest BCUT2D eigenvalue weighted by atomic mass is 10.1. The summed E-state index contributed by atoms with van der Waals surface area (Å²) in [5.41, 5.74) is 1.34. The number of benzene rings is 1.